The van der Waals surface area contributed by atoms with Crippen molar-refractivity contribution in [1.29, 1.82) is 0 Å². The Balaban J connectivity index is 2.86. The summed E-state index contributed by atoms with van der Waals surface area (Å²) in [5, 5.41) is 21.2. The summed E-state index contributed by atoms with van der Waals surface area (Å²) in [5.41, 5.74) is 5.59. The number of likely N-dealkylation sites (tertiary alicyclic amines) is 1. The summed E-state index contributed by atoms with van der Waals surface area (Å²) in [4.78, 5) is 37.3. The van der Waals surface area contributed by atoms with E-state index in [9.17, 15) is 24.6 Å². The van der Waals surface area contributed by atoms with Crippen LogP contribution < -0.4 is 11.1 Å². The molecule has 1 heterocycles. The molecule has 1 aliphatic heterocycles. The Morgan fingerprint density at radius 2 is 1.91 bits per heavy atom. The first kappa shape index (κ1) is 19.4. The minimum atomic E-state index is -1.13. The van der Waals surface area contributed by atoms with Crippen LogP contribution in [0.25, 0.3) is 0 Å². The number of hydrogen-bond donors (Lipinski definition) is 4. The highest BCUT2D eigenvalue weighted by Crippen LogP contribution is 2.20. The number of rotatable bonds is 7. The molecule has 8 nitrogen and oxygen atoms in total. The van der Waals surface area contributed by atoms with Gasteiger partial charge < -0.3 is 26.2 Å². The molecule has 0 saturated carbocycles. The van der Waals surface area contributed by atoms with Crippen LogP contribution in [0.5, 0.6) is 0 Å². The lowest BCUT2D eigenvalue weighted by atomic mass is 10.0. The molecule has 5 N–H and O–H groups in total. The smallest absolute Gasteiger partial charge is 0.326 e. The summed E-state index contributed by atoms with van der Waals surface area (Å²) in [6.07, 6.45) is 0.373. The van der Waals surface area contributed by atoms with Crippen molar-refractivity contribution < 1.29 is 24.6 Å². The lowest BCUT2D eigenvalue weighted by Crippen LogP contribution is -2.56. The van der Waals surface area contributed by atoms with E-state index in [1.54, 1.807) is 0 Å². The van der Waals surface area contributed by atoms with Crippen molar-refractivity contribution in [2.45, 2.75) is 64.3 Å². The third-order valence-electron chi connectivity index (χ3n) is 3.97. The molecule has 0 aromatic heterocycles. The number of nitrogens with zero attached hydrogens (tertiary/aromatic N) is 1. The minimum Gasteiger partial charge on any atom is -0.480 e. The summed E-state index contributed by atoms with van der Waals surface area (Å²) < 4.78 is 0. The van der Waals surface area contributed by atoms with E-state index in [4.69, 9.17) is 5.73 Å². The van der Waals surface area contributed by atoms with Crippen LogP contribution in [0.1, 0.15) is 40.0 Å². The number of nitrogens with two attached hydrogens (primary N) is 1. The lowest BCUT2D eigenvalue weighted by Gasteiger charge is -2.29. The largest absolute Gasteiger partial charge is 0.480 e. The van der Waals surface area contributed by atoms with Crippen molar-refractivity contribution in [3.05, 3.63) is 0 Å². The van der Waals surface area contributed by atoms with Crippen molar-refractivity contribution in [2.24, 2.45) is 11.7 Å². The van der Waals surface area contributed by atoms with Crippen LogP contribution in [0.2, 0.25) is 0 Å². The first-order valence-electron chi connectivity index (χ1n) is 7.92. The second-order valence-electron chi connectivity index (χ2n) is 6.49. The molecule has 0 spiro atoms. The second kappa shape index (κ2) is 8.26. The van der Waals surface area contributed by atoms with Crippen LogP contribution in [0.3, 0.4) is 0 Å². The zero-order valence-electron chi connectivity index (χ0n) is 13.9. The maximum absolute atomic E-state index is 12.7. The summed E-state index contributed by atoms with van der Waals surface area (Å²) >= 11 is 0. The summed E-state index contributed by atoms with van der Waals surface area (Å²) in [5.74, 6) is -1.94. The van der Waals surface area contributed by atoms with Crippen LogP contribution in [0, 0.1) is 5.92 Å². The Labute approximate surface area is 136 Å². The number of carboxylic acid groups (broad SMARTS) is 1. The molecular weight excluding hydrogens is 302 g/mol. The number of amides is 2. The fourth-order valence-electron chi connectivity index (χ4n) is 2.67. The van der Waals surface area contributed by atoms with Gasteiger partial charge in [-0.1, -0.05) is 13.8 Å². The SMILES string of the molecule is CC(C)C[C@H](NC(=O)[C@@H](N)[C@@H](C)O)C(=O)N1CCC[C@@H]1C(=O)O. The number of aliphatic hydroxyl groups is 1. The van der Waals surface area contributed by atoms with E-state index in [2.05, 4.69) is 5.32 Å². The van der Waals surface area contributed by atoms with E-state index in [0.717, 1.165) is 0 Å². The van der Waals surface area contributed by atoms with Gasteiger partial charge in [-0.05, 0) is 32.1 Å². The normalized spacial score (nSPS) is 21.8. The van der Waals surface area contributed by atoms with Crippen LogP contribution in [-0.2, 0) is 14.4 Å². The van der Waals surface area contributed by atoms with Gasteiger partial charge in [0.05, 0.1) is 6.10 Å². The van der Waals surface area contributed by atoms with E-state index >= 15 is 0 Å². The quantitative estimate of drug-likeness (QED) is 0.488. The van der Waals surface area contributed by atoms with Crippen molar-refractivity contribution in [1.82, 2.24) is 10.2 Å². The molecule has 4 atom stereocenters. The molecule has 23 heavy (non-hydrogen) atoms. The molecule has 1 fully saturated rings. The molecule has 0 aromatic carbocycles. The lowest BCUT2D eigenvalue weighted by molar-refractivity contribution is -0.149. The third-order valence-corrected chi connectivity index (χ3v) is 3.97. The Bertz CT molecular complexity index is 452. The van der Waals surface area contributed by atoms with Crippen molar-refractivity contribution in [3.63, 3.8) is 0 Å². The van der Waals surface area contributed by atoms with Crippen LogP contribution >= 0.6 is 0 Å². The summed E-state index contributed by atoms with van der Waals surface area (Å²) in [7, 11) is 0. The number of carbonyl (C=O) groups is 3. The molecule has 8 heteroatoms. The Morgan fingerprint density at radius 1 is 1.30 bits per heavy atom. The third kappa shape index (κ3) is 5.18. The molecule has 0 unspecified atom stereocenters. The standard InChI is InChI=1S/C15H27N3O5/c1-8(2)7-10(17-13(20)12(16)9(3)19)14(21)18-6-4-5-11(18)15(22)23/h8-12,19H,4-7,16H2,1-3H3,(H,17,20)(H,22,23)/t9-,10+,11-,12+/m1/s1. The van der Waals surface area contributed by atoms with Gasteiger partial charge in [-0.2, -0.15) is 0 Å². The van der Waals surface area contributed by atoms with Crippen LogP contribution in [0.4, 0.5) is 0 Å². The van der Waals surface area contributed by atoms with Gasteiger partial charge in [-0.25, -0.2) is 4.79 Å². The molecule has 0 aromatic rings. The van der Waals surface area contributed by atoms with Crippen LogP contribution in [0.15, 0.2) is 0 Å². The first-order chi connectivity index (χ1) is 10.6. The second-order valence-corrected chi connectivity index (χ2v) is 6.49. The van der Waals surface area contributed by atoms with Gasteiger partial charge in [0, 0.05) is 6.54 Å². The predicted molar refractivity (Wildman–Crippen MR) is 83.4 cm³/mol. The predicted octanol–water partition coefficient (Wildman–Crippen LogP) is -0.699. The van der Waals surface area contributed by atoms with Gasteiger partial charge in [-0.3, -0.25) is 9.59 Å². The molecule has 0 bridgehead atoms. The highest BCUT2D eigenvalue weighted by atomic mass is 16.4. The highest BCUT2D eigenvalue weighted by molar-refractivity contribution is 5.92. The molecule has 2 amide bonds. The van der Waals surface area contributed by atoms with Crippen molar-refractivity contribution >= 4 is 17.8 Å². The number of hydrogen-bond acceptors (Lipinski definition) is 5. The molecular formula is C15H27N3O5. The van der Waals surface area contributed by atoms with Crippen molar-refractivity contribution in [3.8, 4) is 0 Å². The van der Waals surface area contributed by atoms with E-state index in [-0.39, 0.29) is 5.92 Å². The zero-order valence-corrected chi connectivity index (χ0v) is 13.9. The summed E-state index contributed by atoms with van der Waals surface area (Å²) in [6.45, 7) is 5.56. The van der Waals surface area contributed by atoms with E-state index in [0.29, 0.717) is 25.8 Å². The van der Waals surface area contributed by atoms with E-state index < -0.39 is 42.0 Å². The van der Waals surface area contributed by atoms with E-state index in [1.807, 2.05) is 13.8 Å². The topological polar surface area (TPSA) is 133 Å². The highest BCUT2D eigenvalue weighted by Gasteiger charge is 2.38. The van der Waals surface area contributed by atoms with Crippen LogP contribution in [-0.4, -0.2) is 63.7 Å². The molecule has 1 aliphatic rings. The number of aliphatic carboxylic acids is 1. The van der Waals surface area contributed by atoms with E-state index in [1.165, 1.54) is 11.8 Å². The zero-order chi connectivity index (χ0) is 17.7. The fourth-order valence-corrected chi connectivity index (χ4v) is 2.67. The monoisotopic (exact) mass is 329 g/mol. The minimum absolute atomic E-state index is 0.123. The van der Waals surface area contributed by atoms with Gasteiger partial charge in [0.2, 0.25) is 11.8 Å². The average molecular weight is 329 g/mol. The molecule has 1 saturated heterocycles. The number of carbonyl (C=O) groups excluding carboxylic acids is 2. The average Bonchev–Trinajstić information content (AvgIpc) is 2.93. The first-order valence-corrected chi connectivity index (χ1v) is 7.92. The number of carboxylic acids is 1. The van der Waals surface area contributed by atoms with Gasteiger partial charge in [0.15, 0.2) is 0 Å². The maximum atomic E-state index is 12.7. The Morgan fingerprint density at radius 3 is 2.39 bits per heavy atom. The van der Waals surface area contributed by atoms with Gasteiger partial charge >= 0.3 is 5.97 Å². The van der Waals surface area contributed by atoms with Gasteiger partial charge in [-0.15, -0.1) is 0 Å². The number of nitrogens with one attached hydrogen (secondary N) is 1. The van der Waals surface area contributed by atoms with Gasteiger partial charge in [0.1, 0.15) is 18.1 Å². The molecule has 1 rings (SSSR count). The Hall–Kier alpha value is -1.67. The molecule has 0 radical (unpaired) electrons. The molecule has 132 valence electrons. The van der Waals surface area contributed by atoms with Gasteiger partial charge in [0.25, 0.3) is 0 Å². The molecule has 0 aliphatic carbocycles. The number of aliphatic hydroxyl groups excluding tert-OH is 1. The van der Waals surface area contributed by atoms with Crippen molar-refractivity contribution in [2.75, 3.05) is 6.54 Å². The Kier molecular flexibility index (Phi) is 6.96. The maximum Gasteiger partial charge on any atom is 0.326 e. The fraction of sp³-hybridized carbons (Fsp3) is 0.800. The summed E-state index contributed by atoms with van der Waals surface area (Å²) in [6, 6.07) is -2.82.